The lowest BCUT2D eigenvalue weighted by molar-refractivity contribution is -0.186. The van der Waals surface area contributed by atoms with Crippen molar-refractivity contribution in [1.82, 2.24) is 0 Å². The highest BCUT2D eigenvalue weighted by molar-refractivity contribution is 5.89. The number of hydrogen-bond acceptors (Lipinski definition) is 4. The van der Waals surface area contributed by atoms with Crippen molar-refractivity contribution in [1.29, 1.82) is 0 Å². The lowest BCUT2D eigenvalue weighted by atomic mass is 9.43. The number of aliphatic hydroxyl groups excluding tert-OH is 2. The molecule has 1 spiro atoms. The summed E-state index contributed by atoms with van der Waals surface area (Å²) < 4.78 is 7.24. The topological polar surface area (TPSA) is 66.8 Å². The maximum atomic E-state index is 14.2. The Balaban J connectivity index is 0.976. The van der Waals surface area contributed by atoms with E-state index in [4.69, 9.17) is 4.74 Å². The Labute approximate surface area is 266 Å². The molecule has 0 saturated heterocycles. The van der Waals surface area contributed by atoms with Crippen molar-refractivity contribution in [2.75, 3.05) is 0 Å². The van der Waals surface area contributed by atoms with Gasteiger partial charge in [-0.1, -0.05) is 27.7 Å². The van der Waals surface area contributed by atoms with Gasteiger partial charge in [0.2, 0.25) is 0 Å². The predicted octanol–water partition coefficient (Wildman–Crippen LogP) is 8.39. The van der Waals surface area contributed by atoms with Gasteiger partial charge in [0.25, 0.3) is 0 Å². The molecule has 8 aliphatic carbocycles. The number of ether oxygens (including phenoxy) is 1. The zero-order valence-electron chi connectivity index (χ0n) is 28.2. The van der Waals surface area contributed by atoms with E-state index in [1.807, 2.05) is 0 Å². The predicted molar refractivity (Wildman–Crippen MR) is 171 cm³/mol. The summed E-state index contributed by atoms with van der Waals surface area (Å²) in [6.45, 7) is 9.99. The fourth-order valence-corrected chi connectivity index (χ4v) is 15.6. The number of fused-ring (bicyclic) bond motifs is 10. The van der Waals surface area contributed by atoms with E-state index >= 15 is 0 Å². The fourth-order valence-electron chi connectivity index (χ4n) is 15.6. The molecule has 9 aliphatic rings. The molecule has 244 valence electrons. The first-order chi connectivity index (χ1) is 20.9. The van der Waals surface area contributed by atoms with Crippen molar-refractivity contribution < 1.29 is 19.7 Å². The van der Waals surface area contributed by atoms with Crippen LogP contribution in [0.1, 0.15) is 143 Å². The molecular formula is C40H60O4. The summed E-state index contributed by atoms with van der Waals surface area (Å²) in [5.41, 5.74) is 1.73. The molecule has 44 heavy (non-hydrogen) atoms. The van der Waals surface area contributed by atoms with Crippen LogP contribution in [-0.4, -0.2) is 33.8 Å². The largest absolute Gasteiger partial charge is 0.484 e. The van der Waals surface area contributed by atoms with E-state index < -0.39 is 5.60 Å². The Morgan fingerprint density at radius 2 is 1.16 bits per heavy atom. The van der Waals surface area contributed by atoms with Crippen LogP contribution in [0.25, 0.3) is 0 Å². The molecule has 1 heterocycles. The standard InChI is InChI=1S/C40H60O4/c1-36-16-14-30-26(28(36)9-11-33(36)41)7-5-24-19-32-23(21-38(24,30)3)13-18-40(44-32)22-39(4)25(20-35(40)43)6-8-27-29-10-12-34(42)37(29,2)17-15-31(27)39/h24-31,33-34,41-42H,5-22H2,1-4H3/t24-,25+,26-,27+,28-,29-,30-,31+,33+,34-,36-,37-,38-,39-,40-/m0/s1. The molecule has 2 N–H and O–H groups in total. The smallest absolute Gasteiger partial charge is 0.176 e. The van der Waals surface area contributed by atoms with E-state index in [0.717, 1.165) is 63.2 Å². The third-order valence-corrected chi connectivity index (χ3v) is 18.2. The van der Waals surface area contributed by atoms with Gasteiger partial charge in [0, 0.05) is 19.3 Å². The number of rotatable bonds is 0. The van der Waals surface area contributed by atoms with E-state index in [-0.39, 0.29) is 28.5 Å². The summed E-state index contributed by atoms with van der Waals surface area (Å²) in [5, 5.41) is 21.9. The number of Topliss-reactive ketones (excluding diaryl/α,β-unsaturated/α-hetero) is 1. The molecule has 4 heteroatoms. The van der Waals surface area contributed by atoms with Gasteiger partial charge in [-0.2, -0.15) is 0 Å². The summed E-state index contributed by atoms with van der Waals surface area (Å²) in [4.78, 5) is 14.2. The third kappa shape index (κ3) is 3.63. The molecule has 0 aromatic heterocycles. The molecule has 0 unspecified atom stereocenters. The van der Waals surface area contributed by atoms with Crippen LogP contribution >= 0.6 is 0 Å². The molecule has 0 aromatic rings. The Hall–Kier alpha value is -0.870. The number of hydrogen-bond donors (Lipinski definition) is 2. The van der Waals surface area contributed by atoms with Crippen molar-refractivity contribution >= 4 is 5.78 Å². The number of aliphatic hydroxyl groups is 2. The molecule has 7 saturated carbocycles. The molecule has 9 rings (SSSR count). The summed E-state index contributed by atoms with van der Waals surface area (Å²) in [6.07, 6.45) is 19.9. The molecule has 0 amide bonds. The van der Waals surface area contributed by atoms with Crippen molar-refractivity contribution in [2.45, 2.75) is 161 Å². The van der Waals surface area contributed by atoms with Gasteiger partial charge < -0.3 is 14.9 Å². The van der Waals surface area contributed by atoms with Crippen LogP contribution in [0.2, 0.25) is 0 Å². The summed E-state index contributed by atoms with van der Waals surface area (Å²) in [6, 6.07) is 0. The molecule has 1 aliphatic heterocycles. The van der Waals surface area contributed by atoms with Crippen LogP contribution in [0.4, 0.5) is 0 Å². The molecule has 7 fully saturated rings. The summed E-state index contributed by atoms with van der Waals surface area (Å²) >= 11 is 0. The second-order valence-corrected chi connectivity index (χ2v) is 19.4. The van der Waals surface area contributed by atoms with E-state index in [9.17, 15) is 15.0 Å². The van der Waals surface area contributed by atoms with Crippen molar-refractivity contribution in [3.63, 3.8) is 0 Å². The van der Waals surface area contributed by atoms with E-state index in [0.29, 0.717) is 46.7 Å². The summed E-state index contributed by atoms with van der Waals surface area (Å²) in [7, 11) is 0. The molecule has 15 atom stereocenters. The van der Waals surface area contributed by atoms with Crippen LogP contribution in [0.15, 0.2) is 11.3 Å². The fraction of sp³-hybridized carbons (Fsp3) is 0.925. The van der Waals surface area contributed by atoms with Crippen molar-refractivity contribution in [2.24, 2.45) is 69.0 Å². The van der Waals surface area contributed by atoms with Crippen LogP contribution in [0.3, 0.4) is 0 Å². The lowest BCUT2D eigenvalue weighted by Crippen LogP contribution is -2.61. The molecule has 4 nitrogen and oxygen atoms in total. The molecule has 0 aromatic carbocycles. The van der Waals surface area contributed by atoms with Gasteiger partial charge in [0.05, 0.1) is 18.0 Å². The zero-order chi connectivity index (χ0) is 30.4. The highest BCUT2D eigenvalue weighted by Crippen LogP contribution is 2.70. The Morgan fingerprint density at radius 3 is 1.77 bits per heavy atom. The second-order valence-electron chi connectivity index (χ2n) is 19.4. The lowest BCUT2D eigenvalue weighted by Gasteiger charge is -2.63. The minimum absolute atomic E-state index is 0.0978. The maximum absolute atomic E-state index is 14.2. The van der Waals surface area contributed by atoms with Gasteiger partial charge in [-0.3, -0.25) is 4.79 Å². The number of carbonyl (C=O) groups is 1. The second kappa shape index (κ2) is 9.39. The van der Waals surface area contributed by atoms with Crippen LogP contribution in [0.5, 0.6) is 0 Å². The van der Waals surface area contributed by atoms with Gasteiger partial charge in [-0.05, 0) is 171 Å². The van der Waals surface area contributed by atoms with Gasteiger partial charge >= 0.3 is 0 Å². The Kier molecular flexibility index (Phi) is 6.25. The minimum atomic E-state index is -0.598. The first kappa shape index (κ1) is 29.3. The van der Waals surface area contributed by atoms with Gasteiger partial charge in [-0.15, -0.1) is 0 Å². The monoisotopic (exact) mass is 604 g/mol. The van der Waals surface area contributed by atoms with Crippen LogP contribution in [0, 0.1) is 69.0 Å². The summed E-state index contributed by atoms with van der Waals surface area (Å²) in [5.74, 6) is 7.12. The average molecular weight is 605 g/mol. The third-order valence-electron chi connectivity index (χ3n) is 18.2. The molecular weight excluding hydrogens is 544 g/mol. The number of carbonyl (C=O) groups excluding carboxylic acids is 1. The Morgan fingerprint density at radius 1 is 0.614 bits per heavy atom. The average Bonchev–Trinajstić information content (AvgIpc) is 3.47. The van der Waals surface area contributed by atoms with Gasteiger partial charge in [-0.25, -0.2) is 0 Å². The highest BCUT2D eigenvalue weighted by Gasteiger charge is 2.66. The Bertz CT molecular complexity index is 1270. The zero-order valence-corrected chi connectivity index (χ0v) is 28.2. The first-order valence-corrected chi connectivity index (χ1v) is 19.2. The first-order valence-electron chi connectivity index (χ1n) is 19.2. The molecule has 0 radical (unpaired) electrons. The van der Waals surface area contributed by atoms with Crippen molar-refractivity contribution in [3.05, 3.63) is 11.3 Å². The van der Waals surface area contributed by atoms with Crippen molar-refractivity contribution in [3.8, 4) is 0 Å². The van der Waals surface area contributed by atoms with Crippen LogP contribution in [-0.2, 0) is 9.53 Å². The molecule has 0 bridgehead atoms. The van der Waals surface area contributed by atoms with Gasteiger partial charge in [0.15, 0.2) is 11.4 Å². The minimum Gasteiger partial charge on any atom is -0.484 e. The van der Waals surface area contributed by atoms with E-state index in [2.05, 4.69) is 27.7 Å². The van der Waals surface area contributed by atoms with E-state index in [1.165, 1.54) is 70.0 Å². The van der Waals surface area contributed by atoms with Crippen LogP contribution < -0.4 is 0 Å². The highest BCUT2D eigenvalue weighted by atomic mass is 16.5. The number of allylic oxidation sites excluding steroid dienone is 2. The quantitative estimate of drug-likeness (QED) is 0.291. The maximum Gasteiger partial charge on any atom is 0.176 e. The number of ketones is 1. The normalized spacial score (nSPS) is 59.5. The SMILES string of the molecule is C[C@]12C[C@@]3(CCC4=C(C[C@@H]5CC[C@@H]6[C@H](CC[C@]7(C)[C@H](O)CC[C@@H]67)[C@@]5(C)C4)O3)C(=O)C[C@H]1CC[C@H]1[C@H]2CC[C@]2(C)[C@@H](O)CC[C@@H]12. The van der Waals surface area contributed by atoms with Gasteiger partial charge in [0.1, 0.15) is 0 Å². The van der Waals surface area contributed by atoms with E-state index in [1.54, 1.807) is 5.57 Å².